The second-order valence-electron chi connectivity index (χ2n) is 19.1. The van der Waals surface area contributed by atoms with Crippen molar-refractivity contribution >= 4 is 75.1 Å². The summed E-state index contributed by atoms with van der Waals surface area (Å²) in [5.41, 5.74) is 16.2. The third kappa shape index (κ3) is 7.10. The standard InChI is InChI=1S/C69H43N5S/c1-5-19-44(20-6-1)47-35-38-55-61(42-47)74(60-33-18-30-53(66(55)60)52-29-17-32-59-65(52)54-28-13-15-31-58(54)73(59)50-25-11-4-12-26-50)62-43-48(45-21-7-2-8-22-45)36-39-56(62)69-71-67(46-23-9-3-10-24-46)70-68(72-69)49-37-40-64-57(41-49)51-27-14-16-34-63(51)75-64/h1-43H. The number of hydrogen-bond donors (Lipinski definition) is 0. The molecule has 0 atom stereocenters. The van der Waals surface area contributed by atoms with Crippen molar-refractivity contribution in [1.82, 2.24) is 24.1 Å². The van der Waals surface area contributed by atoms with Gasteiger partial charge in [0.05, 0.1) is 27.8 Å². The van der Waals surface area contributed by atoms with Gasteiger partial charge >= 0.3 is 0 Å². The van der Waals surface area contributed by atoms with E-state index in [9.17, 15) is 0 Å². The van der Waals surface area contributed by atoms with Gasteiger partial charge in [-0.1, -0.05) is 188 Å². The molecule has 0 aliphatic rings. The van der Waals surface area contributed by atoms with Gasteiger partial charge in [-0.2, -0.15) is 0 Å². The maximum Gasteiger partial charge on any atom is 0.166 e. The molecule has 0 amide bonds. The van der Waals surface area contributed by atoms with E-state index in [1.807, 2.05) is 29.5 Å². The quantitative estimate of drug-likeness (QED) is 0.152. The smallest absolute Gasteiger partial charge is 0.166 e. The molecule has 0 N–H and O–H groups in total. The maximum absolute atomic E-state index is 5.49. The predicted octanol–water partition coefficient (Wildman–Crippen LogP) is 18.4. The molecule has 0 spiro atoms. The lowest BCUT2D eigenvalue weighted by Gasteiger charge is -2.17. The molecule has 350 valence electrons. The number of aromatic nitrogens is 5. The molecule has 0 aliphatic heterocycles. The first-order valence-corrected chi connectivity index (χ1v) is 26.2. The van der Waals surface area contributed by atoms with E-state index < -0.39 is 0 Å². The Morgan fingerprint density at radius 2 is 0.773 bits per heavy atom. The number of nitrogens with zero attached hydrogens (tertiary/aromatic N) is 5. The molecular weight excluding hydrogens is 931 g/mol. The van der Waals surface area contributed by atoms with Gasteiger partial charge in [-0.05, 0) is 106 Å². The summed E-state index contributed by atoms with van der Waals surface area (Å²) in [7, 11) is 0. The van der Waals surface area contributed by atoms with Gasteiger partial charge in [-0.15, -0.1) is 11.3 Å². The van der Waals surface area contributed by atoms with E-state index in [1.165, 1.54) is 47.4 Å². The van der Waals surface area contributed by atoms with Crippen LogP contribution in [-0.4, -0.2) is 24.1 Å². The highest BCUT2D eigenvalue weighted by molar-refractivity contribution is 7.25. The number of rotatable bonds is 8. The first-order valence-electron chi connectivity index (χ1n) is 25.3. The minimum absolute atomic E-state index is 0.590. The van der Waals surface area contributed by atoms with E-state index in [0.29, 0.717) is 17.5 Å². The van der Waals surface area contributed by atoms with E-state index in [4.69, 9.17) is 15.0 Å². The molecule has 6 heteroatoms. The molecular formula is C69H43N5S. The second kappa shape index (κ2) is 17.5. The summed E-state index contributed by atoms with van der Waals surface area (Å²) >= 11 is 1.81. The Bertz CT molecular complexity index is 4690. The fourth-order valence-corrected chi connectivity index (χ4v) is 12.5. The lowest BCUT2D eigenvalue weighted by molar-refractivity contribution is 1.07. The number of thiophene rings is 1. The van der Waals surface area contributed by atoms with Crippen LogP contribution >= 0.6 is 11.3 Å². The van der Waals surface area contributed by atoms with Crippen LogP contribution in [0.25, 0.3) is 143 Å². The summed E-state index contributed by atoms with van der Waals surface area (Å²) in [5.74, 6) is 1.82. The van der Waals surface area contributed by atoms with E-state index in [-0.39, 0.29) is 0 Å². The fourth-order valence-electron chi connectivity index (χ4n) is 11.4. The molecule has 75 heavy (non-hydrogen) atoms. The SMILES string of the molecule is c1ccc(-c2ccc(-c3nc(-c4ccccc4)nc(-c4ccc5sc6ccccc6c5c4)n3)c(-n3c4cc(-c5ccccc5)ccc4c4c(-c5cccc6c5c5ccccc5n6-c5ccccc5)cccc43)c2)cc1. The summed E-state index contributed by atoms with van der Waals surface area (Å²) < 4.78 is 7.35. The summed E-state index contributed by atoms with van der Waals surface area (Å²) in [6, 6.07) is 93.7. The Labute approximate surface area is 436 Å². The molecule has 0 bridgehead atoms. The van der Waals surface area contributed by atoms with Crippen LogP contribution < -0.4 is 0 Å². The van der Waals surface area contributed by atoms with E-state index >= 15 is 0 Å². The molecule has 0 radical (unpaired) electrons. The lowest BCUT2D eigenvalue weighted by atomic mass is 9.95. The Kier molecular flexibility index (Phi) is 10.00. The first-order chi connectivity index (χ1) is 37.2. The van der Waals surface area contributed by atoms with Crippen molar-refractivity contribution in [3.05, 3.63) is 261 Å². The highest BCUT2D eigenvalue weighted by atomic mass is 32.1. The van der Waals surface area contributed by atoms with Crippen molar-refractivity contribution in [1.29, 1.82) is 0 Å². The molecule has 15 rings (SSSR count). The van der Waals surface area contributed by atoms with Crippen molar-refractivity contribution in [2.45, 2.75) is 0 Å². The number of para-hydroxylation sites is 2. The number of hydrogen-bond acceptors (Lipinski definition) is 4. The van der Waals surface area contributed by atoms with Crippen molar-refractivity contribution in [2.75, 3.05) is 0 Å². The molecule has 0 saturated carbocycles. The minimum Gasteiger partial charge on any atom is -0.309 e. The van der Waals surface area contributed by atoms with Gasteiger partial charge in [-0.25, -0.2) is 15.0 Å². The molecule has 0 saturated heterocycles. The van der Waals surface area contributed by atoms with E-state index in [1.54, 1.807) is 0 Å². The van der Waals surface area contributed by atoms with Gasteiger partial charge in [0.15, 0.2) is 17.5 Å². The third-order valence-electron chi connectivity index (χ3n) is 14.8. The lowest BCUT2D eigenvalue weighted by Crippen LogP contribution is -2.04. The topological polar surface area (TPSA) is 48.5 Å². The van der Waals surface area contributed by atoms with Crippen molar-refractivity contribution in [3.8, 4) is 78.9 Å². The van der Waals surface area contributed by atoms with Crippen LogP contribution in [0.15, 0.2) is 261 Å². The average Bonchev–Trinajstić information content (AvgIpc) is 4.15. The zero-order valence-electron chi connectivity index (χ0n) is 40.5. The molecule has 4 heterocycles. The molecule has 15 aromatic rings. The Morgan fingerprint density at radius 1 is 0.267 bits per heavy atom. The average molecular weight is 974 g/mol. The van der Waals surface area contributed by atoms with Gasteiger partial charge in [0.1, 0.15) is 0 Å². The first kappa shape index (κ1) is 42.9. The molecule has 5 nitrogen and oxygen atoms in total. The van der Waals surface area contributed by atoms with Crippen LogP contribution in [0.1, 0.15) is 0 Å². The molecule has 11 aromatic carbocycles. The minimum atomic E-state index is 0.590. The predicted molar refractivity (Wildman–Crippen MR) is 314 cm³/mol. The van der Waals surface area contributed by atoms with Gasteiger partial charge in [0.25, 0.3) is 0 Å². The molecule has 0 fully saturated rings. The summed E-state index contributed by atoms with van der Waals surface area (Å²) in [4.78, 5) is 16.2. The van der Waals surface area contributed by atoms with E-state index in [0.717, 1.165) is 77.8 Å². The fraction of sp³-hybridized carbons (Fsp3) is 0. The Hall–Kier alpha value is -9.75. The normalized spacial score (nSPS) is 11.7. The van der Waals surface area contributed by atoms with Crippen LogP contribution in [0.2, 0.25) is 0 Å². The number of benzene rings is 11. The maximum atomic E-state index is 5.49. The summed E-state index contributed by atoms with van der Waals surface area (Å²) in [5, 5.41) is 7.18. The van der Waals surface area contributed by atoms with E-state index in [2.05, 4.69) is 252 Å². The van der Waals surface area contributed by atoms with Crippen molar-refractivity contribution in [2.24, 2.45) is 0 Å². The monoisotopic (exact) mass is 973 g/mol. The van der Waals surface area contributed by atoms with Crippen molar-refractivity contribution < 1.29 is 0 Å². The van der Waals surface area contributed by atoms with Crippen LogP contribution in [0, 0.1) is 0 Å². The van der Waals surface area contributed by atoms with Crippen molar-refractivity contribution in [3.63, 3.8) is 0 Å². The molecule has 4 aromatic heterocycles. The largest absolute Gasteiger partial charge is 0.309 e. The number of fused-ring (bicyclic) bond motifs is 9. The summed E-state index contributed by atoms with van der Waals surface area (Å²) in [6.45, 7) is 0. The zero-order valence-corrected chi connectivity index (χ0v) is 41.3. The molecule has 0 aliphatic carbocycles. The molecule has 0 unspecified atom stereocenters. The van der Waals surface area contributed by atoms with Gasteiger partial charge in [0.2, 0.25) is 0 Å². The Morgan fingerprint density at radius 3 is 1.48 bits per heavy atom. The van der Waals surface area contributed by atoms with Crippen LogP contribution in [-0.2, 0) is 0 Å². The van der Waals surface area contributed by atoms with Crippen LogP contribution in [0.3, 0.4) is 0 Å². The summed E-state index contributed by atoms with van der Waals surface area (Å²) in [6.07, 6.45) is 0. The van der Waals surface area contributed by atoms with Gasteiger partial charge < -0.3 is 9.13 Å². The second-order valence-corrected chi connectivity index (χ2v) is 20.2. The highest BCUT2D eigenvalue weighted by Crippen LogP contribution is 2.46. The highest BCUT2D eigenvalue weighted by Gasteiger charge is 2.25. The van der Waals surface area contributed by atoms with Crippen LogP contribution in [0.4, 0.5) is 0 Å². The van der Waals surface area contributed by atoms with Gasteiger partial charge in [0, 0.05) is 64.1 Å². The third-order valence-corrected chi connectivity index (χ3v) is 15.9. The Balaban J connectivity index is 1.03. The zero-order chi connectivity index (χ0) is 49.4. The van der Waals surface area contributed by atoms with Crippen LogP contribution in [0.5, 0.6) is 0 Å². The van der Waals surface area contributed by atoms with Gasteiger partial charge in [-0.3, -0.25) is 0 Å².